The Labute approximate surface area is 194 Å². The molecule has 3 unspecified atom stereocenters. The number of hydrogen-bond donors (Lipinski definition) is 4. The van der Waals surface area contributed by atoms with Crippen LogP contribution < -0.4 is 0 Å². The molecule has 182 valence electrons. The van der Waals surface area contributed by atoms with Crippen LogP contribution in [0.3, 0.4) is 0 Å². The highest BCUT2D eigenvalue weighted by molar-refractivity contribution is 5.82. The summed E-state index contributed by atoms with van der Waals surface area (Å²) < 4.78 is 0. The second-order valence-corrected chi connectivity index (χ2v) is 12.0. The number of Topliss-reactive ketones (excluding diaryl/α,β-unsaturated/α-hetero) is 1. The van der Waals surface area contributed by atoms with Gasteiger partial charge in [0, 0.05) is 24.7 Å². The number of aliphatic hydroxyl groups is 2. The van der Waals surface area contributed by atoms with Gasteiger partial charge in [-0.3, -0.25) is 14.4 Å². The van der Waals surface area contributed by atoms with E-state index in [2.05, 4.69) is 6.07 Å². The van der Waals surface area contributed by atoms with Gasteiger partial charge in [-0.1, -0.05) is 13.8 Å². The average Bonchev–Trinajstić information content (AvgIpc) is 2.98. The summed E-state index contributed by atoms with van der Waals surface area (Å²) in [7, 11) is 0. The maximum Gasteiger partial charge on any atom is 0.309 e. The van der Waals surface area contributed by atoms with Crippen LogP contribution in [0.4, 0.5) is 0 Å². The number of fused-ring (bicyclic) bond motifs is 5. The highest BCUT2D eigenvalue weighted by Gasteiger charge is 2.75. The summed E-state index contributed by atoms with van der Waals surface area (Å²) in [5.74, 6) is -3.33. The first-order valence-electron chi connectivity index (χ1n) is 12.0. The molecule has 0 amide bonds. The van der Waals surface area contributed by atoms with Crippen LogP contribution in [0.2, 0.25) is 0 Å². The number of hydrogen-bond acceptors (Lipinski definition) is 6. The number of ketones is 1. The van der Waals surface area contributed by atoms with Gasteiger partial charge in [-0.15, -0.1) is 0 Å². The van der Waals surface area contributed by atoms with E-state index in [1.165, 1.54) is 0 Å². The molecule has 0 aromatic rings. The molecule has 4 aliphatic rings. The molecular formula is C25H35NO7. The third kappa shape index (κ3) is 2.97. The zero-order chi connectivity index (χ0) is 24.6. The SMILES string of the molecule is CC1(C(=O)O)CC2(C#N)CC(=O)CC[C@]2(C)[C@H]2C(O)C[C@@]3(C)[C@@H](CC[C@]3(O)CCC(=O)O)[C@@H]21. The molecule has 0 saturated heterocycles. The summed E-state index contributed by atoms with van der Waals surface area (Å²) in [5.41, 5.74) is -5.40. The first-order valence-corrected chi connectivity index (χ1v) is 12.0. The van der Waals surface area contributed by atoms with Gasteiger partial charge < -0.3 is 20.4 Å². The second kappa shape index (κ2) is 7.26. The lowest BCUT2D eigenvalue weighted by Crippen LogP contribution is -2.69. The molecule has 9 atom stereocenters. The first-order chi connectivity index (χ1) is 15.2. The fourth-order valence-corrected chi connectivity index (χ4v) is 8.88. The lowest BCUT2D eigenvalue weighted by atomic mass is 9.34. The fraction of sp³-hybridized carbons (Fsp3) is 0.840. The van der Waals surface area contributed by atoms with Crippen LogP contribution in [-0.2, 0) is 14.4 Å². The van der Waals surface area contributed by atoms with E-state index in [4.69, 9.17) is 0 Å². The van der Waals surface area contributed by atoms with E-state index in [0.717, 1.165) is 0 Å². The molecule has 8 heteroatoms. The molecule has 4 saturated carbocycles. The van der Waals surface area contributed by atoms with Crippen molar-refractivity contribution >= 4 is 17.7 Å². The van der Waals surface area contributed by atoms with E-state index >= 15 is 0 Å². The van der Waals surface area contributed by atoms with Crippen molar-refractivity contribution in [2.24, 2.45) is 39.4 Å². The van der Waals surface area contributed by atoms with E-state index in [9.17, 15) is 40.1 Å². The van der Waals surface area contributed by atoms with Crippen molar-refractivity contribution in [3.63, 3.8) is 0 Å². The number of carbonyl (C=O) groups is 3. The lowest BCUT2D eigenvalue weighted by Gasteiger charge is -2.68. The third-order valence-corrected chi connectivity index (χ3v) is 10.7. The van der Waals surface area contributed by atoms with E-state index in [-0.39, 0.29) is 43.8 Å². The zero-order valence-corrected chi connectivity index (χ0v) is 19.6. The molecule has 0 radical (unpaired) electrons. The van der Waals surface area contributed by atoms with Gasteiger partial charge in [-0.25, -0.2) is 0 Å². The average molecular weight is 462 g/mol. The number of aliphatic hydroxyl groups excluding tert-OH is 1. The summed E-state index contributed by atoms with van der Waals surface area (Å²) in [6, 6.07) is 2.36. The topological polar surface area (TPSA) is 156 Å². The maximum absolute atomic E-state index is 12.8. The van der Waals surface area contributed by atoms with E-state index in [1.54, 1.807) is 6.92 Å². The van der Waals surface area contributed by atoms with Gasteiger partial charge in [0.05, 0.1) is 28.6 Å². The van der Waals surface area contributed by atoms with Crippen molar-refractivity contribution in [1.82, 2.24) is 0 Å². The molecule has 0 aliphatic heterocycles. The van der Waals surface area contributed by atoms with Crippen molar-refractivity contribution in [3.05, 3.63) is 0 Å². The molecule has 4 fully saturated rings. The Bertz CT molecular complexity index is 944. The molecular weight excluding hydrogens is 426 g/mol. The van der Waals surface area contributed by atoms with Crippen LogP contribution in [0.1, 0.15) is 78.6 Å². The quantitative estimate of drug-likeness (QED) is 0.498. The Balaban J connectivity index is 1.86. The van der Waals surface area contributed by atoms with Gasteiger partial charge in [-0.2, -0.15) is 5.26 Å². The Morgan fingerprint density at radius 1 is 1.12 bits per heavy atom. The Hall–Kier alpha value is -1.98. The van der Waals surface area contributed by atoms with Crippen molar-refractivity contribution in [2.75, 3.05) is 0 Å². The minimum Gasteiger partial charge on any atom is -0.481 e. The minimum absolute atomic E-state index is 0.00327. The number of aliphatic carboxylic acids is 2. The molecule has 0 aromatic carbocycles. The number of carboxylic acid groups (broad SMARTS) is 2. The van der Waals surface area contributed by atoms with Crippen LogP contribution >= 0.6 is 0 Å². The van der Waals surface area contributed by atoms with Gasteiger partial charge in [0.25, 0.3) is 0 Å². The normalized spacial score (nSPS) is 51.1. The molecule has 0 bridgehead atoms. The molecule has 8 nitrogen and oxygen atoms in total. The summed E-state index contributed by atoms with van der Waals surface area (Å²) >= 11 is 0. The van der Waals surface area contributed by atoms with Gasteiger partial charge in [0.2, 0.25) is 0 Å². The predicted molar refractivity (Wildman–Crippen MR) is 116 cm³/mol. The van der Waals surface area contributed by atoms with Crippen LogP contribution in [0, 0.1) is 50.7 Å². The molecule has 0 heterocycles. The number of carbonyl (C=O) groups excluding carboxylic acids is 1. The Morgan fingerprint density at radius 2 is 1.79 bits per heavy atom. The Morgan fingerprint density at radius 3 is 2.36 bits per heavy atom. The van der Waals surface area contributed by atoms with Crippen LogP contribution in [0.15, 0.2) is 0 Å². The van der Waals surface area contributed by atoms with E-state index < -0.39 is 57.1 Å². The van der Waals surface area contributed by atoms with Crippen molar-refractivity contribution in [1.29, 1.82) is 5.26 Å². The first kappa shape index (κ1) is 24.2. The van der Waals surface area contributed by atoms with E-state index in [1.807, 2.05) is 13.8 Å². The number of nitrogens with zero attached hydrogens (tertiary/aromatic N) is 1. The molecule has 4 aliphatic carbocycles. The third-order valence-electron chi connectivity index (χ3n) is 10.7. The lowest BCUT2D eigenvalue weighted by molar-refractivity contribution is -0.246. The van der Waals surface area contributed by atoms with Gasteiger partial charge >= 0.3 is 11.9 Å². The molecule has 0 spiro atoms. The largest absolute Gasteiger partial charge is 0.481 e. The van der Waals surface area contributed by atoms with Crippen LogP contribution in [-0.4, -0.2) is 49.9 Å². The minimum atomic E-state index is -1.36. The van der Waals surface area contributed by atoms with Gasteiger partial charge in [-0.05, 0) is 68.6 Å². The Kier molecular flexibility index (Phi) is 5.31. The summed E-state index contributed by atoms with van der Waals surface area (Å²) in [5, 5.41) is 53.2. The highest BCUT2D eigenvalue weighted by atomic mass is 16.4. The van der Waals surface area contributed by atoms with Crippen molar-refractivity contribution in [3.8, 4) is 6.07 Å². The molecule has 4 rings (SSSR count). The standard InChI is InChI=1S/C25H35NO7/c1-21(20(31)32)12-24(13-26)10-14(27)4-7-22(24,2)19-16(28)11-23(3)15(18(19)21)5-8-25(23,33)9-6-17(29)30/h15-16,18-19,28,33H,4-12H2,1-3H3,(H,29,30)(H,31,32)/t15-,16?,18-,19-,21?,22+,23-,24?,25-/m0/s1. The van der Waals surface area contributed by atoms with Gasteiger partial charge in [0.1, 0.15) is 5.78 Å². The number of nitriles is 1. The molecule has 0 aromatic heterocycles. The molecule has 4 N–H and O–H groups in total. The van der Waals surface area contributed by atoms with E-state index in [0.29, 0.717) is 25.7 Å². The summed E-state index contributed by atoms with van der Waals surface area (Å²) in [4.78, 5) is 36.5. The highest BCUT2D eigenvalue weighted by Crippen LogP contribution is 2.75. The van der Waals surface area contributed by atoms with Crippen molar-refractivity contribution < 1.29 is 34.8 Å². The molecule has 33 heavy (non-hydrogen) atoms. The predicted octanol–water partition coefficient (Wildman–Crippen LogP) is 2.76. The number of rotatable bonds is 4. The van der Waals surface area contributed by atoms with Crippen LogP contribution in [0.5, 0.6) is 0 Å². The summed E-state index contributed by atoms with van der Waals surface area (Å²) in [6.45, 7) is 5.45. The zero-order valence-electron chi connectivity index (χ0n) is 19.6. The monoisotopic (exact) mass is 461 g/mol. The summed E-state index contributed by atoms with van der Waals surface area (Å²) in [6.07, 6.45) is 0.776. The second-order valence-electron chi connectivity index (χ2n) is 12.0. The van der Waals surface area contributed by atoms with Crippen molar-refractivity contribution in [2.45, 2.75) is 90.3 Å². The van der Waals surface area contributed by atoms with Crippen LogP contribution in [0.25, 0.3) is 0 Å². The number of carboxylic acids is 2. The smallest absolute Gasteiger partial charge is 0.309 e. The fourth-order valence-electron chi connectivity index (χ4n) is 8.88. The van der Waals surface area contributed by atoms with Gasteiger partial charge in [0.15, 0.2) is 0 Å². The maximum atomic E-state index is 12.8.